The first kappa shape index (κ1) is 11.8. The van der Waals surface area contributed by atoms with E-state index in [-0.39, 0.29) is 0 Å². The van der Waals surface area contributed by atoms with Gasteiger partial charge in [-0.1, -0.05) is 0 Å². The average molecular weight is 276 g/mol. The van der Waals surface area contributed by atoms with Gasteiger partial charge < -0.3 is 5.32 Å². The molecule has 14 heavy (non-hydrogen) atoms. The van der Waals surface area contributed by atoms with Crippen LogP contribution in [0.15, 0.2) is 16.9 Å². The first-order valence-electron chi connectivity index (χ1n) is 4.45. The molecule has 5 heteroatoms. The minimum atomic E-state index is 0.420. The zero-order valence-electron chi connectivity index (χ0n) is 8.33. The van der Waals surface area contributed by atoms with Gasteiger partial charge in [0.1, 0.15) is 0 Å². The Labute approximate surface area is 97.2 Å². The van der Waals surface area contributed by atoms with E-state index in [1.807, 2.05) is 11.8 Å². The maximum atomic E-state index is 4.15. The van der Waals surface area contributed by atoms with E-state index < -0.39 is 0 Å². The summed E-state index contributed by atoms with van der Waals surface area (Å²) >= 11 is 5.15. The van der Waals surface area contributed by atoms with E-state index in [1.165, 1.54) is 0 Å². The zero-order chi connectivity index (χ0) is 10.4. The molecule has 0 aliphatic heterocycles. The van der Waals surface area contributed by atoms with Crippen molar-refractivity contribution in [1.29, 1.82) is 0 Å². The molecule has 3 nitrogen and oxygen atoms in total. The van der Waals surface area contributed by atoms with Crippen LogP contribution in [0.3, 0.4) is 0 Å². The topological polar surface area (TPSA) is 37.8 Å². The Hall–Kier alpha value is -0.290. The number of rotatable bonds is 5. The quantitative estimate of drug-likeness (QED) is 0.897. The van der Waals surface area contributed by atoms with Crippen LogP contribution in [-0.4, -0.2) is 28.0 Å². The SMILES string of the molecule is CSCCC(C)Nc1ncc(Br)cn1. The van der Waals surface area contributed by atoms with Gasteiger partial charge in [0, 0.05) is 18.4 Å². The Balaban J connectivity index is 2.39. The highest BCUT2D eigenvalue weighted by Gasteiger charge is 2.02. The summed E-state index contributed by atoms with van der Waals surface area (Å²) in [6, 6.07) is 0.420. The fourth-order valence-corrected chi connectivity index (χ4v) is 1.77. The van der Waals surface area contributed by atoms with Crippen LogP contribution in [0.1, 0.15) is 13.3 Å². The first-order valence-corrected chi connectivity index (χ1v) is 6.64. The van der Waals surface area contributed by atoms with Gasteiger partial charge in [0.2, 0.25) is 5.95 Å². The van der Waals surface area contributed by atoms with E-state index in [1.54, 1.807) is 12.4 Å². The molecule has 0 radical (unpaired) electrons. The second-order valence-electron chi connectivity index (χ2n) is 3.05. The first-order chi connectivity index (χ1) is 6.72. The predicted octanol–water partition coefficient (Wildman–Crippen LogP) is 2.79. The van der Waals surface area contributed by atoms with Crippen LogP contribution in [0.2, 0.25) is 0 Å². The highest BCUT2D eigenvalue weighted by Crippen LogP contribution is 2.09. The van der Waals surface area contributed by atoms with Crippen molar-refractivity contribution in [1.82, 2.24) is 9.97 Å². The summed E-state index contributed by atoms with van der Waals surface area (Å²) in [6.07, 6.45) is 6.73. The van der Waals surface area contributed by atoms with E-state index in [0.29, 0.717) is 12.0 Å². The lowest BCUT2D eigenvalue weighted by atomic mass is 10.3. The number of hydrogen-bond acceptors (Lipinski definition) is 4. The smallest absolute Gasteiger partial charge is 0.222 e. The molecule has 0 aliphatic carbocycles. The Kier molecular flexibility index (Phi) is 5.25. The number of anilines is 1. The van der Waals surface area contributed by atoms with E-state index in [2.05, 4.69) is 44.4 Å². The maximum absolute atomic E-state index is 4.15. The van der Waals surface area contributed by atoms with Crippen LogP contribution >= 0.6 is 27.7 Å². The lowest BCUT2D eigenvalue weighted by molar-refractivity contribution is 0.760. The summed E-state index contributed by atoms with van der Waals surface area (Å²) in [4.78, 5) is 8.30. The van der Waals surface area contributed by atoms with Crippen LogP contribution in [0.4, 0.5) is 5.95 Å². The summed E-state index contributed by atoms with van der Waals surface area (Å²) in [5, 5.41) is 3.25. The summed E-state index contributed by atoms with van der Waals surface area (Å²) in [5.74, 6) is 1.85. The molecule has 0 saturated heterocycles. The summed E-state index contributed by atoms with van der Waals surface area (Å²) in [6.45, 7) is 2.14. The lowest BCUT2D eigenvalue weighted by Crippen LogP contribution is -2.17. The van der Waals surface area contributed by atoms with E-state index in [4.69, 9.17) is 0 Å². The van der Waals surface area contributed by atoms with Crippen LogP contribution < -0.4 is 5.32 Å². The van der Waals surface area contributed by atoms with Gasteiger partial charge in [-0.3, -0.25) is 0 Å². The molecule has 78 valence electrons. The Bertz CT molecular complexity index is 265. The molecule has 1 heterocycles. The zero-order valence-corrected chi connectivity index (χ0v) is 10.7. The van der Waals surface area contributed by atoms with Gasteiger partial charge in [-0.2, -0.15) is 11.8 Å². The number of hydrogen-bond donors (Lipinski definition) is 1. The predicted molar refractivity (Wildman–Crippen MR) is 65.8 cm³/mol. The van der Waals surface area contributed by atoms with Crippen molar-refractivity contribution < 1.29 is 0 Å². The molecule has 0 aliphatic rings. The van der Waals surface area contributed by atoms with Crippen molar-refractivity contribution in [3.8, 4) is 0 Å². The van der Waals surface area contributed by atoms with Gasteiger partial charge in [-0.05, 0) is 41.3 Å². The molecule has 1 atom stereocenters. The van der Waals surface area contributed by atoms with Crippen molar-refractivity contribution in [3.63, 3.8) is 0 Å². The molecule has 1 rings (SSSR count). The van der Waals surface area contributed by atoms with Gasteiger partial charge in [0.25, 0.3) is 0 Å². The molecule has 0 fully saturated rings. The number of nitrogens with one attached hydrogen (secondary N) is 1. The van der Waals surface area contributed by atoms with E-state index >= 15 is 0 Å². The van der Waals surface area contributed by atoms with Gasteiger partial charge >= 0.3 is 0 Å². The van der Waals surface area contributed by atoms with Crippen LogP contribution in [0.25, 0.3) is 0 Å². The minimum Gasteiger partial charge on any atom is -0.352 e. The number of halogens is 1. The average Bonchev–Trinajstić information content (AvgIpc) is 2.18. The molecule has 0 bridgehead atoms. The van der Waals surface area contributed by atoms with Crippen molar-refractivity contribution in [2.75, 3.05) is 17.3 Å². The number of nitrogens with zero attached hydrogens (tertiary/aromatic N) is 2. The van der Waals surface area contributed by atoms with Gasteiger partial charge in [-0.25, -0.2) is 9.97 Å². The normalized spacial score (nSPS) is 12.5. The maximum Gasteiger partial charge on any atom is 0.222 e. The second kappa shape index (κ2) is 6.24. The Morgan fingerprint density at radius 2 is 2.14 bits per heavy atom. The van der Waals surface area contributed by atoms with E-state index in [9.17, 15) is 0 Å². The van der Waals surface area contributed by atoms with Crippen molar-refractivity contribution in [3.05, 3.63) is 16.9 Å². The molecule has 1 N–H and O–H groups in total. The summed E-state index contributed by atoms with van der Waals surface area (Å²) in [7, 11) is 0. The standard InChI is InChI=1S/C9H14BrN3S/c1-7(3-4-14-2)13-9-11-5-8(10)6-12-9/h5-7H,3-4H2,1-2H3,(H,11,12,13). The Morgan fingerprint density at radius 1 is 1.50 bits per heavy atom. The third-order valence-corrected chi connectivity index (χ3v) is 2.80. The third-order valence-electron chi connectivity index (χ3n) is 1.75. The van der Waals surface area contributed by atoms with Gasteiger partial charge in [0.05, 0.1) is 4.47 Å². The second-order valence-corrected chi connectivity index (χ2v) is 4.95. The molecular weight excluding hydrogens is 262 g/mol. The molecule has 0 aromatic carbocycles. The fourth-order valence-electron chi connectivity index (χ4n) is 0.974. The lowest BCUT2D eigenvalue weighted by Gasteiger charge is -2.12. The molecule has 1 aromatic rings. The number of aromatic nitrogens is 2. The minimum absolute atomic E-state index is 0.420. The van der Waals surface area contributed by atoms with Crippen LogP contribution in [0.5, 0.6) is 0 Å². The molecule has 0 amide bonds. The van der Waals surface area contributed by atoms with Gasteiger partial charge in [-0.15, -0.1) is 0 Å². The van der Waals surface area contributed by atoms with Crippen LogP contribution in [0, 0.1) is 0 Å². The van der Waals surface area contributed by atoms with Crippen molar-refractivity contribution in [2.45, 2.75) is 19.4 Å². The summed E-state index contributed by atoms with van der Waals surface area (Å²) in [5.41, 5.74) is 0. The molecule has 0 saturated carbocycles. The third kappa shape index (κ3) is 4.28. The van der Waals surface area contributed by atoms with Crippen LogP contribution in [-0.2, 0) is 0 Å². The fraction of sp³-hybridized carbons (Fsp3) is 0.556. The Morgan fingerprint density at radius 3 is 2.71 bits per heavy atom. The largest absolute Gasteiger partial charge is 0.352 e. The molecule has 0 spiro atoms. The highest BCUT2D eigenvalue weighted by molar-refractivity contribution is 9.10. The number of thioether (sulfide) groups is 1. The van der Waals surface area contributed by atoms with Crippen molar-refractivity contribution >= 4 is 33.6 Å². The monoisotopic (exact) mass is 275 g/mol. The molecule has 1 unspecified atom stereocenters. The highest BCUT2D eigenvalue weighted by atomic mass is 79.9. The molecule has 1 aromatic heterocycles. The van der Waals surface area contributed by atoms with Gasteiger partial charge in [0.15, 0.2) is 0 Å². The molecular formula is C9H14BrN3S. The van der Waals surface area contributed by atoms with E-state index in [0.717, 1.165) is 16.6 Å². The van der Waals surface area contributed by atoms with Crippen molar-refractivity contribution in [2.24, 2.45) is 0 Å². The summed E-state index contributed by atoms with van der Waals surface area (Å²) < 4.78 is 0.903.